The average Bonchev–Trinajstić information content (AvgIpc) is 3.34. The molecule has 1 aromatic heterocycles. The number of hydrogen-bond acceptors (Lipinski definition) is 9. The van der Waals surface area contributed by atoms with Gasteiger partial charge in [0.05, 0.1) is 28.2 Å². The number of non-ortho nitro benzene ring substituents is 1. The molecule has 2 aromatic carbocycles. The Labute approximate surface area is 238 Å². The third kappa shape index (κ3) is 4.75. The van der Waals surface area contributed by atoms with Gasteiger partial charge < -0.3 is 4.74 Å². The van der Waals surface area contributed by atoms with Crippen molar-refractivity contribution in [1.29, 1.82) is 0 Å². The second-order valence-corrected chi connectivity index (χ2v) is 12.8. The molecule has 12 heteroatoms. The molecule has 5 rings (SSSR count). The van der Waals surface area contributed by atoms with E-state index >= 15 is 0 Å². The first kappa shape index (κ1) is 27.8. The van der Waals surface area contributed by atoms with Crippen LogP contribution in [0.3, 0.4) is 0 Å². The number of hydrogen-bond donors (Lipinski definition) is 0. The van der Waals surface area contributed by atoms with Crippen molar-refractivity contribution >= 4 is 52.3 Å². The van der Waals surface area contributed by atoms with E-state index in [4.69, 9.17) is 4.74 Å². The molecular formula is C28H27N3O7S2. The standard InChI is InChI=1S/C28H27N3O7S2/c1-5-38-19(32)14-29-26-23(40-27(29)35)20(15-6-8-16(9-7-15)28(2,3)4)21-22(39-26)25(34)30(24(21)33)17-10-12-18(13-11-17)31(36)37/h6-13,20-22H,5,14H2,1-4H3/t20-,21-,22+/m0/s1. The Hall–Kier alpha value is -3.77. The number of imide groups is 1. The lowest BCUT2D eigenvalue weighted by Gasteiger charge is -2.31. The Kier molecular flexibility index (Phi) is 7.17. The zero-order valence-electron chi connectivity index (χ0n) is 22.3. The van der Waals surface area contributed by atoms with Crippen LogP contribution in [0.1, 0.15) is 49.6 Å². The molecule has 1 saturated heterocycles. The molecule has 0 saturated carbocycles. The minimum Gasteiger partial charge on any atom is -0.465 e. The minimum absolute atomic E-state index is 0.103. The predicted molar refractivity (Wildman–Crippen MR) is 151 cm³/mol. The maximum atomic E-state index is 13.9. The van der Waals surface area contributed by atoms with Gasteiger partial charge in [-0.1, -0.05) is 68.1 Å². The third-order valence-electron chi connectivity index (χ3n) is 7.10. The van der Waals surface area contributed by atoms with Gasteiger partial charge in [0, 0.05) is 22.9 Å². The van der Waals surface area contributed by atoms with Crippen LogP contribution in [-0.4, -0.2) is 39.1 Å². The molecule has 0 radical (unpaired) electrons. The van der Waals surface area contributed by atoms with E-state index in [0.29, 0.717) is 9.90 Å². The molecule has 0 bridgehead atoms. The Morgan fingerprint density at radius 3 is 2.25 bits per heavy atom. The van der Waals surface area contributed by atoms with E-state index in [-0.39, 0.29) is 34.8 Å². The molecule has 1 fully saturated rings. The summed E-state index contributed by atoms with van der Waals surface area (Å²) in [7, 11) is 0. The van der Waals surface area contributed by atoms with Crippen molar-refractivity contribution in [2.45, 2.75) is 55.8 Å². The second-order valence-electron chi connectivity index (χ2n) is 10.6. The zero-order chi connectivity index (χ0) is 28.9. The fourth-order valence-electron chi connectivity index (χ4n) is 5.12. The number of anilines is 1. The van der Waals surface area contributed by atoms with Gasteiger partial charge in [-0.15, -0.1) is 0 Å². The highest BCUT2D eigenvalue weighted by molar-refractivity contribution is 8.00. The summed E-state index contributed by atoms with van der Waals surface area (Å²) < 4.78 is 6.38. The number of rotatable bonds is 6. The predicted octanol–water partition coefficient (Wildman–Crippen LogP) is 4.47. The lowest BCUT2D eigenvalue weighted by Crippen LogP contribution is -2.32. The monoisotopic (exact) mass is 581 g/mol. The number of carbonyl (C=O) groups is 3. The van der Waals surface area contributed by atoms with Crippen molar-refractivity contribution in [2.75, 3.05) is 11.5 Å². The first-order valence-electron chi connectivity index (χ1n) is 12.7. The van der Waals surface area contributed by atoms with Crippen molar-refractivity contribution in [3.05, 3.63) is 84.3 Å². The van der Waals surface area contributed by atoms with E-state index in [1.54, 1.807) is 6.92 Å². The van der Waals surface area contributed by atoms with Gasteiger partial charge in [-0.3, -0.25) is 33.9 Å². The smallest absolute Gasteiger partial charge is 0.326 e. The summed E-state index contributed by atoms with van der Waals surface area (Å²) in [5.74, 6) is -2.90. The van der Waals surface area contributed by atoms with Crippen LogP contribution >= 0.6 is 23.1 Å². The normalized spacial score (nSPS) is 20.3. The largest absolute Gasteiger partial charge is 0.465 e. The van der Waals surface area contributed by atoms with Crippen molar-refractivity contribution in [3.8, 4) is 0 Å². The molecule has 2 aliphatic rings. The average molecular weight is 582 g/mol. The van der Waals surface area contributed by atoms with E-state index in [9.17, 15) is 29.3 Å². The topological polar surface area (TPSA) is 129 Å². The van der Waals surface area contributed by atoms with Gasteiger partial charge in [0.1, 0.15) is 11.8 Å². The summed E-state index contributed by atoms with van der Waals surface area (Å²) in [5, 5.41) is 10.7. The van der Waals surface area contributed by atoms with Crippen LogP contribution in [0.5, 0.6) is 0 Å². The molecule has 3 atom stereocenters. The number of nitro groups is 1. The molecule has 2 aliphatic heterocycles. The molecule has 3 aromatic rings. The number of thioether (sulfide) groups is 1. The van der Waals surface area contributed by atoms with Crippen molar-refractivity contribution in [1.82, 2.24) is 4.57 Å². The first-order valence-corrected chi connectivity index (χ1v) is 14.4. The molecule has 3 heterocycles. The molecule has 208 valence electrons. The summed E-state index contributed by atoms with van der Waals surface area (Å²) in [4.78, 5) is 65.0. The van der Waals surface area contributed by atoms with Crippen molar-refractivity contribution in [3.63, 3.8) is 0 Å². The quantitative estimate of drug-likeness (QED) is 0.180. The lowest BCUT2D eigenvalue weighted by atomic mass is 9.81. The molecule has 0 spiro atoms. The van der Waals surface area contributed by atoms with Crippen molar-refractivity contribution in [2.24, 2.45) is 5.92 Å². The third-order valence-corrected chi connectivity index (χ3v) is 9.70. The van der Waals surface area contributed by atoms with Crippen LogP contribution < -0.4 is 9.77 Å². The number of esters is 1. The summed E-state index contributed by atoms with van der Waals surface area (Å²) in [6.45, 7) is 7.82. The highest BCUT2D eigenvalue weighted by atomic mass is 32.2. The summed E-state index contributed by atoms with van der Waals surface area (Å²) in [6.07, 6.45) is 0. The SMILES string of the molecule is CCOC(=O)Cn1c2c(sc1=O)[C@@H](c1ccc(C(C)(C)C)cc1)[C@@H]1C(=O)N(c3ccc([N+](=O)[O-])cc3)C(=O)[C@@H]1S2. The Morgan fingerprint density at radius 1 is 1.02 bits per heavy atom. The van der Waals surface area contributed by atoms with Gasteiger partial charge in [0.15, 0.2) is 0 Å². The maximum absolute atomic E-state index is 13.9. The molecule has 0 unspecified atom stereocenters. The number of ether oxygens (including phenoxy) is 1. The van der Waals surface area contributed by atoms with E-state index in [1.807, 2.05) is 24.3 Å². The Morgan fingerprint density at radius 2 is 1.68 bits per heavy atom. The fraction of sp³-hybridized carbons (Fsp3) is 0.357. The zero-order valence-corrected chi connectivity index (χ0v) is 23.9. The van der Waals surface area contributed by atoms with Gasteiger partial charge in [-0.2, -0.15) is 0 Å². The van der Waals surface area contributed by atoms with E-state index in [0.717, 1.165) is 39.1 Å². The van der Waals surface area contributed by atoms with Crippen molar-refractivity contribution < 1.29 is 24.0 Å². The second kappa shape index (κ2) is 10.3. The fourth-order valence-corrected chi connectivity index (χ4v) is 7.89. The molecule has 0 N–H and O–H groups in total. The molecular weight excluding hydrogens is 554 g/mol. The Bertz CT molecular complexity index is 1570. The lowest BCUT2D eigenvalue weighted by molar-refractivity contribution is -0.384. The molecule has 0 aliphatic carbocycles. The molecule has 10 nitrogen and oxygen atoms in total. The van der Waals surface area contributed by atoms with Crippen LogP contribution in [0.25, 0.3) is 0 Å². The highest BCUT2D eigenvalue weighted by Crippen LogP contribution is 2.54. The molecule has 40 heavy (non-hydrogen) atoms. The summed E-state index contributed by atoms with van der Waals surface area (Å²) in [5.41, 5.74) is 1.85. The Balaban J connectivity index is 1.62. The van der Waals surface area contributed by atoms with E-state index < -0.39 is 39.8 Å². The highest BCUT2D eigenvalue weighted by Gasteiger charge is 2.56. The number of fused-ring (bicyclic) bond motifs is 2. The number of benzene rings is 2. The van der Waals surface area contributed by atoms with Crippen LogP contribution in [0.4, 0.5) is 11.4 Å². The van der Waals surface area contributed by atoms with Gasteiger partial charge >= 0.3 is 10.8 Å². The molecule has 2 amide bonds. The minimum atomic E-state index is -0.857. The van der Waals surface area contributed by atoms with E-state index in [1.165, 1.54) is 28.8 Å². The number of nitro benzene ring substituents is 1. The van der Waals surface area contributed by atoms with Crippen LogP contribution in [0.15, 0.2) is 58.4 Å². The number of aromatic nitrogens is 1. The van der Waals surface area contributed by atoms with Gasteiger partial charge in [-0.05, 0) is 35.6 Å². The number of carbonyl (C=O) groups excluding carboxylic acids is 3. The summed E-state index contributed by atoms with van der Waals surface area (Å²) in [6, 6.07) is 13.1. The van der Waals surface area contributed by atoms with Gasteiger partial charge in [-0.25, -0.2) is 4.90 Å². The number of amides is 2. The summed E-state index contributed by atoms with van der Waals surface area (Å²) >= 11 is 2.07. The number of nitrogens with zero attached hydrogens (tertiary/aromatic N) is 3. The van der Waals surface area contributed by atoms with Crippen LogP contribution in [0, 0.1) is 16.0 Å². The first-order chi connectivity index (χ1) is 18.9. The van der Waals surface area contributed by atoms with Crippen LogP contribution in [-0.2, 0) is 31.1 Å². The van der Waals surface area contributed by atoms with Crippen LogP contribution in [0.2, 0.25) is 0 Å². The number of thiazole rings is 1. The van der Waals surface area contributed by atoms with E-state index in [2.05, 4.69) is 20.8 Å². The maximum Gasteiger partial charge on any atom is 0.326 e. The van der Waals surface area contributed by atoms with Gasteiger partial charge in [0.25, 0.3) is 5.69 Å². The van der Waals surface area contributed by atoms with Gasteiger partial charge in [0.2, 0.25) is 11.8 Å².